The number of halogens is 2. The van der Waals surface area contributed by atoms with E-state index in [1.165, 1.54) is 6.07 Å². The summed E-state index contributed by atoms with van der Waals surface area (Å²) in [4.78, 5) is 22.3. The number of carbonyl (C=O) groups excluding carboxylic acids is 1. The maximum atomic E-state index is 12.1. The van der Waals surface area contributed by atoms with E-state index in [-0.39, 0.29) is 21.7 Å². The average Bonchev–Trinajstić information content (AvgIpc) is 2.69. The summed E-state index contributed by atoms with van der Waals surface area (Å²) in [5, 5.41) is 10.7. The molecule has 21 heavy (non-hydrogen) atoms. The van der Waals surface area contributed by atoms with Gasteiger partial charge in [-0.3, -0.25) is 10.1 Å². The fourth-order valence-corrected chi connectivity index (χ4v) is 2.80. The fourth-order valence-electron chi connectivity index (χ4n) is 2.40. The van der Waals surface area contributed by atoms with E-state index < -0.39 is 16.6 Å². The first-order chi connectivity index (χ1) is 9.99. The molecule has 0 N–H and O–H groups in total. The second kappa shape index (κ2) is 7.09. The molecule has 1 aromatic rings. The van der Waals surface area contributed by atoms with Crippen molar-refractivity contribution in [2.75, 3.05) is 0 Å². The normalized spacial score (nSPS) is 16.3. The molecule has 0 amide bonds. The highest BCUT2D eigenvalue weighted by Gasteiger charge is 2.23. The highest BCUT2D eigenvalue weighted by atomic mass is 35.5. The van der Waals surface area contributed by atoms with E-state index in [0.29, 0.717) is 0 Å². The van der Waals surface area contributed by atoms with Crippen molar-refractivity contribution >= 4 is 34.9 Å². The Morgan fingerprint density at radius 2 is 1.81 bits per heavy atom. The van der Waals surface area contributed by atoms with Gasteiger partial charge in [-0.2, -0.15) is 0 Å². The molecule has 0 aliphatic heterocycles. The zero-order valence-electron chi connectivity index (χ0n) is 11.3. The molecule has 0 radical (unpaired) electrons. The van der Waals surface area contributed by atoms with Crippen LogP contribution in [0.4, 0.5) is 5.69 Å². The monoisotopic (exact) mass is 331 g/mol. The molecular formula is C14H15Cl2NO4. The van der Waals surface area contributed by atoms with Crippen LogP contribution in [0.1, 0.15) is 48.9 Å². The highest BCUT2D eigenvalue weighted by Crippen LogP contribution is 2.33. The van der Waals surface area contributed by atoms with Gasteiger partial charge in [-0.15, -0.1) is 0 Å². The minimum Gasteiger partial charge on any atom is -0.459 e. The van der Waals surface area contributed by atoms with Crippen LogP contribution in [-0.2, 0) is 4.74 Å². The van der Waals surface area contributed by atoms with E-state index in [1.54, 1.807) is 0 Å². The molecule has 0 saturated heterocycles. The molecule has 0 unspecified atom stereocenters. The predicted molar refractivity (Wildman–Crippen MR) is 80.0 cm³/mol. The summed E-state index contributed by atoms with van der Waals surface area (Å²) in [6.45, 7) is 0. The first kappa shape index (κ1) is 16.0. The summed E-state index contributed by atoms with van der Waals surface area (Å²) >= 11 is 11.6. The minimum absolute atomic E-state index is 0.0290. The first-order valence-electron chi connectivity index (χ1n) is 6.83. The first-order valence-corrected chi connectivity index (χ1v) is 7.59. The standard InChI is InChI=1S/C14H15Cl2NO4/c15-11-7-9(8-12(13(11)16)17(19)20)14(18)21-10-5-3-1-2-4-6-10/h7-8,10H,1-6H2. The lowest BCUT2D eigenvalue weighted by Gasteiger charge is -2.15. The Kier molecular flexibility index (Phi) is 5.42. The van der Waals surface area contributed by atoms with Gasteiger partial charge in [0.25, 0.3) is 5.69 Å². The highest BCUT2D eigenvalue weighted by molar-refractivity contribution is 6.43. The van der Waals surface area contributed by atoms with Crippen molar-refractivity contribution < 1.29 is 14.5 Å². The van der Waals surface area contributed by atoms with Crippen LogP contribution in [0, 0.1) is 10.1 Å². The minimum atomic E-state index is -0.670. The van der Waals surface area contributed by atoms with Crippen LogP contribution < -0.4 is 0 Å². The van der Waals surface area contributed by atoms with E-state index in [9.17, 15) is 14.9 Å². The molecule has 7 heteroatoms. The van der Waals surface area contributed by atoms with Crippen LogP contribution in [0.25, 0.3) is 0 Å². The van der Waals surface area contributed by atoms with E-state index in [1.807, 2.05) is 0 Å². The predicted octanol–water partition coefficient (Wildman–Crippen LogP) is 4.78. The van der Waals surface area contributed by atoms with Gasteiger partial charge in [0.05, 0.1) is 15.5 Å². The van der Waals surface area contributed by atoms with Crippen LogP contribution >= 0.6 is 23.2 Å². The van der Waals surface area contributed by atoms with E-state index >= 15 is 0 Å². The van der Waals surface area contributed by atoms with Gasteiger partial charge in [-0.1, -0.05) is 36.0 Å². The van der Waals surface area contributed by atoms with Crippen LogP contribution in [0.15, 0.2) is 12.1 Å². The molecule has 5 nitrogen and oxygen atoms in total. The SMILES string of the molecule is O=C(OC1CCCCCC1)c1cc(Cl)c(Cl)c([N+](=O)[O-])c1. The largest absolute Gasteiger partial charge is 0.459 e. The molecule has 114 valence electrons. The third-order valence-electron chi connectivity index (χ3n) is 3.52. The van der Waals surface area contributed by atoms with Crippen molar-refractivity contribution in [1.82, 2.24) is 0 Å². The Balaban J connectivity index is 2.17. The van der Waals surface area contributed by atoms with E-state index in [2.05, 4.69) is 0 Å². The quantitative estimate of drug-likeness (QED) is 0.346. The smallest absolute Gasteiger partial charge is 0.338 e. The lowest BCUT2D eigenvalue weighted by atomic mass is 10.1. The third-order valence-corrected chi connectivity index (χ3v) is 4.31. The topological polar surface area (TPSA) is 69.4 Å². The average molecular weight is 332 g/mol. The number of hydrogen-bond donors (Lipinski definition) is 0. The molecule has 1 aromatic carbocycles. The van der Waals surface area contributed by atoms with Gasteiger partial charge in [0.15, 0.2) is 0 Å². The van der Waals surface area contributed by atoms with Crippen molar-refractivity contribution in [2.24, 2.45) is 0 Å². The number of esters is 1. The maximum Gasteiger partial charge on any atom is 0.338 e. The Hall–Kier alpha value is -1.33. The lowest BCUT2D eigenvalue weighted by Crippen LogP contribution is -2.17. The molecule has 0 bridgehead atoms. The van der Waals surface area contributed by atoms with Crippen molar-refractivity contribution in [1.29, 1.82) is 0 Å². The summed E-state index contributed by atoms with van der Waals surface area (Å²) in [5.74, 6) is -0.594. The molecule has 0 atom stereocenters. The number of ether oxygens (including phenoxy) is 1. The summed E-state index contributed by atoms with van der Waals surface area (Å²) in [5.41, 5.74) is -0.336. The summed E-state index contributed by atoms with van der Waals surface area (Å²) in [6.07, 6.45) is 5.87. The number of hydrogen-bond acceptors (Lipinski definition) is 4. The Morgan fingerprint density at radius 1 is 1.19 bits per heavy atom. The maximum absolute atomic E-state index is 12.1. The molecule has 0 heterocycles. The van der Waals surface area contributed by atoms with Crippen LogP contribution in [0.2, 0.25) is 10.0 Å². The Morgan fingerprint density at radius 3 is 2.38 bits per heavy atom. The van der Waals surface area contributed by atoms with Crippen molar-refractivity contribution in [3.63, 3.8) is 0 Å². The van der Waals surface area contributed by atoms with Crippen LogP contribution in [-0.4, -0.2) is 17.0 Å². The Labute approximate surface area is 132 Å². The molecule has 0 spiro atoms. The molecule has 1 fully saturated rings. The fraction of sp³-hybridized carbons (Fsp3) is 0.500. The van der Waals surface area contributed by atoms with Crippen molar-refractivity contribution in [3.8, 4) is 0 Å². The number of nitro benzene ring substituents is 1. The van der Waals surface area contributed by atoms with Gasteiger partial charge in [0.1, 0.15) is 11.1 Å². The van der Waals surface area contributed by atoms with E-state index in [4.69, 9.17) is 27.9 Å². The van der Waals surface area contributed by atoms with E-state index in [0.717, 1.165) is 44.6 Å². The van der Waals surface area contributed by atoms with Gasteiger partial charge in [0.2, 0.25) is 0 Å². The summed E-state index contributed by atoms with van der Waals surface area (Å²) in [6, 6.07) is 2.41. The molecule has 1 aliphatic rings. The zero-order valence-corrected chi connectivity index (χ0v) is 12.8. The number of nitrogens with zero attached hydrogens (tertiary/aromatic N) is 1. The summed E-state index contributed by atoms with van der Waals surface area (Å²) < 4.78 is 5.42. The second-order valence-corrected chi connectivity index (χ2v) is 5.85. The number of carbonyl (C=O) groups is 1. The van der Waals surface area contributed by atoms with Gasteiger partial charge in [-0.05, 0) is 31.7 Å². The van der Waals surface area contributed by atoms with Crippen LogP contribution in [0.5, 0.6) is 0 Å². The van der Waals surface area contributed by atoms with Gasteiger partial charge in [-0.25, -0.2) is 4.79 Å². The number of benzene rings is 1. The molecule has 1 saturated carbocycles. The van der Waals surface area contributed by atoms with Gasteiger partial charge < -0.3 is 4.74 Å². The van der Waals surface area contributed by atoms with Gasteiger partial charge >= 0.3 is 5.97 Å². The van der Waals surface area contributed by atoms with Crippen molar-refractivity contribution in [2.45, 2.75) is 44.6 Å². The zero-order chi connectivity index (χ0) is 15.4. The number of nitro groups is 1. The molecule has 2 rings (SSSR count). The molecule has 0 aromatic heterocycles. The molecular weight excluding hydrogens is 317 g/mol. The van der Waals surface area contributed by atoms with Gasteiger partial charge in [0, 0.05) is 6.07 Å². The lowest BCUT2D eigenvalue weighted by molar-refractivity contribution is -0.384. The Bertz CT molecular complexity index is 554. The van der Waals surface area contributed by atoms with Crippen molar-refractivity contribution in [3.05, 3.63) is 37.9 Å². The number of rotatable bonds is 3. The molecule has 1 aliphatic carbocycles. The summed E-state index contributed by atoms with van der Waals surface area (Å²) in [7, 11) is 0. The van der Waals surface area contributed by atoms with Crippen LogP contribution in [0.3, 0.4) is 0 Å². The third kappa shape index (κ3) is 4.08. The second-order valence-electron chi connectivity index (χ2n) is 5.07.